The normalized spacial score (nSPS) is 14.5. The quantitative estimate of drug-likeness (QED) is 0.511. The molecule has 3 heterocycles. The van der Waals surface area contributed by atoms with Crippen LogP contribution in [0.5, 0.6) is 0 Å². The molecule has 2 N–H and O–H groups in total. The monoisotopic (exact) mass is 493 g/mol. The highest BCUT2D eigenvalue weighted by Gasteiger charge is 2.20. The second-order valence-corrected chi connectivity index (χ2v) is 10.5. The Kier molecular flexibility index (Phi) is 7.37. The van der Waals surface area contributed by atoms with Crippen molar-refractivity contribution in [1.82, 2.24) is 9.88 Å². The molecule has 0 radical (unpaired) electrons. The van der Waals surface area contributed by atoms with Crippen LogP contribution >= 0.6 is 11.3 Å². The number of thiophene rings is 1. The number of piperazine rings is 1. The topological polar surface area (TPSA) is 86.8 Å². The van der Waals surface area contributed by atoms with Crippen LogP contribution in [0.15, 0.2) is 54.0 Å². The molecule has 1 aliphatic heterocycles. The van der Waals surface area contributed by atoms with Crippen LogP contribution in [0.4, 0.5) is 21.9 Å². The standard InChI is InChI=1S/C26H31N5O3S/c1-26(2,3)34-25(33)29-20-9-7-18(23-6-5-15-35-23)16-22(20)28-24(32)21-10-8-19(17-27-21)31-13-11-30(4)12-14-31/h5-10,15-17H,11-14H2,1-4H3,(H,28,32)(H,29,33). The molecule has 1 fully saturated rings. The molecule has 0 unspecified atom stereocenters. The van der Waals surface area contributed by atoms with Crippen molar-refractivity contribution in [1.29, 1.82) is 0 Å². The number of likely N-dealkylation sites (N-methyl/N-ethyl adjacent to an activating group) is 1. The van der Waals surface area contributed by atoms with Crippen molar-refractivity contribution in [3.05, 3.63) is 59.7 Å². The summed E-state index contributed by atoms with van der Waals surface area (Å²) in [6.45, 7) is 9.25. The van der Waals surface area contributed by atoms with E-state index in [0.29, 0.717) is 17.1 Å². The van der Waals surface area contributed by atoms with E-state index in [9.17, 15) is 9.59 Å². The van der Waals surface area contributed by atoms with Gasteiger partial charge < -0.3 is 19.9 Å². The van der Waals surface area contributed by atoms with E-state index in [4.69, 9.17) is 4.74 Å². The number of ether oxygens (including phenoxy) is 1. The van der Waals surface area contributed by atoms with E-state index >= 15 is 0 Å². The molecule has 0 aliphatic carbocycles. The zero-order valence-corrected chi connectivity index (χ0v) is 21.3. The van der Waals surface area contributed by atoms with Crippen molar-refractivity contribution in [2.75, 3.05) is 48.8 Å². The van der Waals surface area contributed by atoms with Gasteiger partial charge in [0.05, 0.1) is 23.3 Å². The zero-order valence-electron chi connectivity index (χ0n) is 20.5. The van der Waals surface area contributed by atoms with Crippen LogP contribution in [0.2, 0.25) is 0 Å². The Labute approximate surface area is 209 Å². The lowest BCUT2D eigenvalue weighted by molar-refractivity contribution is 0.0635. The molecule has 184 valence electrons. The van der Waals surface area contributed by atoms with Crippen molar-refractivity contribution in [2.45, 2.75) is 26.4 Å². The van der Waals surface area contributed by atoms with E-state index in [0.717, 1.165) is 42.3 Å². The Bertz CT molecular complexity index is 1160. The van der Waals surface area contributed by atoms with Gasteiger partial charge in [0.25, 0.3) is 5.91 Å². The van der Waals surface area contributed by atoms with Crippen molar-refractivity contribution >= 4 is 40.4 Å². The van der Waals surface area contributed by atoms with Gasteiger partial charge in [-0.25, -0.2) is 9.78 Å². The maximum Gasteiger partial charge on any atom is 0.412 e. The molecule has 3 aromatic rings. The summed E-state index contributed by atoms with van der Waals surface area (Å²) in [7, 11) is 2.11. The van der Waals surface area contributed by atoms with Gasteiger partial charge in [-0.15, -0.1) is 11.3 Å². The van der Waals surface area contributed by atoms with Gasteiger partial charge in [-0.05, 0) is 69.1 Å². The van der Waals surface area contributed by atoms with Gasteiger partial charge >= 0.3 is 6.09 Å². The van der Waals surface area contributed by atoms with Gasteiger partial charge in [-0.2, -0.15) is 0 Å². The minimum absolute atomic E-state index is 0.299. The molecule has 1 saturated heterocycles. The van der Waals surface area contributed by atoms with Crippen molar-refractivity contribution < 1.29 is 14.3 Å². The summed E-state index contributed by atoms with van der Waals surface area (Å²) in [6.07, 6.45) is 1.15. The number of nitrogens with zero attached hydrogens (tertiary/aromatic N) is 3. The van der Waals surface area contributed by atoms with Crippen molar-refractivity contribution in [3.63, 3.8) is 0 Å². The number of anilines is 3. The Morgan fingerprint density at radius 2 is 1.77 bits per heavy atom. The average Bonchev–Trinajstić information content (AvgIpc) is 3.35. The molecule has 1 aliphatic rings. The molecular formula is C26H31N5O3S. The van der Waals surface area contributed by atoms with Crippen LogP contribution in [-0.2, 0) is 4.74 Å². The average molecular weight is 494 g/mol. The number of hydrogen-bond donors (Lipinski definition) is 2. The van der Waals surface area contributed by atoms with Gasteiger partial charge in [0.2, 0.25) is 0 Å². The van der Waals surface area contributed by atoms with Crippen LogP contribution in [0.3, 0.4) is 0 Å². The molecule has 4 rings (SSSR count). The number of aromatic nitrogens is 1. The maximum atomic E-state index is 13.1. The van der Waals surface area contributed by atoms with Crippen LogP contribution in [0.25, 0.3) is 10.4 Å². The predicted molar refractivity (Wildman–Crippen MR) is 142 cm³/mol. The fourth-order valence-electron chi connectivity index (χ4n) is 3.72. The first-order valence-electron chi connectivity index (χ1n) is 11.6. The lowest BCUT2D eigenvalue weighted by atomic mass is 10.1. The van der Waals surface area contributed by atoms with Crippen LogP contribution in [0.1, 0.15) is 31.3 Å². The summed E-state index contributed by atoms with van der Waals surface area (Å²) in [5, 5.41) is 7.66. The minimum atomic E-state index is -0.639. The SMILES string of the molecule is CN1CCN(c2ccc(C(=O)Nc3cc(-c4cccs4)ccc3NC(=O)OC(C)(C)C)nc2)CC1. The first-order chi connectivity index (χ1) is 16.7. The third-order valence-electron chi connectivity index (χ3n) is 5.56. The summed E-state index contributed by atoms with van der Waals surface area (Å²) in [5.41, 5.74) is 2.51. The molecule has 0 bridgehead atoms. The van der Waals surface area contributed by atoms with Gasteiger partial charge in [-0.3, -0.25) is 10.1 Å². The van der Waals surface area contributed by atoms with Gasteiger partial charge in [0, 0.05) is 31.1 Å². The van der Waals surface area contributed by atoms with E-state index in [1.165, 1.54) is 0 Å². The molecule has 0 spiro atoms. The van der Waals surface area contributed by atoms with Gasteiger partial charge in [0.15, 0.2) is 0 Å². The van der Waals surface area contributed by atoms with Gasteiger partial charge in [-0.1, -0.05) is 12.1 Å². The number of rotatable bonds is 5. The molecule has 35 heavy (non-hydrogen) atoms. The molecular weight excluding hydrogens is 462 g/mol. The Balaban J connectivity index is 1.53. The van der Waals surface area contributed by atoms with E-state index in [1.807, 2.05) is 35.7 Å². The van der Waals surface area contributed by atoms with E-state index < -0.39 is 11.7 Å². The summed E-state index contributed by atoms with van der Waals surface area (Å²) >= 11 is 1.60. The highest BCUT2D eigenvalue weighted by atomic mass is 32.1. The number of benzene rings is 1. The summed E-state index contributed by atoms with van der Waals surface area (Å²) in [4.78, 5) is 35.5. The van der Waals surface area contributed by atoms with Crippen molar-refractivity contribution in [2.24, 2.45) is 0 Å². The first-order valence-corrected chi connectivity index (χ1v) is 12.4. The van der Waals surface area contributed by atoms with Crippen LogP contribution in [-0.4, -0.2) is 60.7 Å². The summed E-state index contributed by atoms with van der Waals surface area (Å²) in [6, 6.07) is 13.1. The second-order valence-electron chi connectivity index (χ2n) is 9.51. The number of hydrogen-bond acceptors (Lipinski definition) is 7. The summed E-state index contributed by atoms with van der Waals surface area (Å²) < 4.78 is 5.39. The molecule has 0 atom stereocenters. The first kappa shape index (κ1) is 24.7. The van der Waals surface area contributed by atoms with Gasteiger partial charge in [0.1, 0.15) is 11.3 Å². The molecule has 8 nitrogen and oxygen atoms in total. The smallest absolute Gasteiger partial charge is 0.412 e. The maximum absolute atomic E-state index is 13.1. The lowest BCUT2D eigenvalue weighted by Crippen LogP contribution is -2.44. The Hall–Kier alpha value is -3.43. The number of nitrogens with one attached hydrogen (secondary N) is 2. The molecule has 0 saturated carbocycles. The minimum Gasteiger partial charge on any atom is -0.444 e. The zero-order chi connectivity index (χ0) is 25.0. The van der Waals surface area contributed by atoms with Crippen LogP contribution in [0, 0.1) is 0 Å². The lowest BCUT2D eigenvalue weighted by Gasteiger charge is -2.33. The third-order valence-corrected chi connectivity index (χ3v) is 6.48. The molecule has 2 amide bonds. The number of amides is 2. The Morgan fingerprint density at radius 3 is 2.40 bits per heavy atom. The fourth-order valence-corrected chi connectivity index (χ4v) is 4.45. The number of pyridine rings is 1. The second kappa shape index (κ2) is 10.5. The fraction of sp³-hybridized carbons (Fsp3) is 0.346. The predicted octanol–water partition coefficient (Wildman–Crippen LogP) is 5.16. The Morgan fingerprint density at radius 1 is 1.00 bits per heavy atom. The van der Waals surface area contributed by atoms with E-state index in [2.05, 4.69) is 32.5 Å². The third kappa shape index (κ3) is 6.58. The van der Waals surface area contributed by atoms with E-state index in [1.54, 1.807) is 50.4 Å². The highest BCUT2D eigenvalue weighted by Crippen LogP contribution is 2.32. The molecule has 2 aromatic heterocycles. The highest BCUT2D eigenvalue weighted by molar-refractivity contribution is 7.13. The molecule has 1 aromatic carbocycles. The largest absolute Gasteiger partial charge is 0.444 e. The van der Waals surface area contributed by atoms with Crippen LogP contribution < -0.4 is 15.5 Å². The molecule has 9 heteroatoms. The van der Waals surface area contributed by atoms with E-state index in [-0.39, 0.29) is 5.91 Å². The number of carbonyl (C=O) groups is 2. The van der Waals surface area contributed by atoms with Crippen molar-refractivity contribution in [3.8, 4) is 10.4 Å². The summed E-state index contributed by atoms with van der Waals surface area (Å²) in [5.74, 6) is -0.356. The number of carbonyl (C=O) groups excluding carboxylic acids is 2.